The van der Waals surface area contributed by atoms with E-state index in [1.165, 1.54) is 37.6 Å². The maximum atomic E-state index is 14.1. The molecule has 1 aliphatic rings. The van der Waals surface area contributed by atoms with Crippen LogP contribution in [0.25, 0.3) is 21.0 Å². The molecule has 3 aromatic heterocycles. The van der Waals surface area contributed by atoms with Gasteiger partial charge in [-0.1, -0.05) is 43.2 Å². The Morgan fingerprint density at radius 2 is 1.97 bits per heavy atom. The lowest BCUT2D eigenvalue weighted by atomic mass is 9.79. The lowest BCUT2D eigenvalue weighted by molar-refractivity contribution is -0.146. The molecule has 9 nitrogen and oxygen atoms in total. The van der Waals surface area contributed by atoms with Crippen molar-refractivity contribution in [3.8, 4) is 10.8 Å². The monoisotopic (exact) mass is 551 g/mol. The van der Waals surface area contributed by atoms with Crippen LogP contribution in [0.1, 0.15) is 63.0 Å². The van der Waals surface area contributed by atoms with E-state index in [2.05, 4.69) is 4.98 Å². The zero-order valence-corrected chi connectivity index (χ0v) is 23.1. The summed E-state index contributed by atoms with van der Waals surface area (Å²) in [6.07, 6.45) is 6.88. The second kappa shape index (κ2) is 10.6. The van der Waals surface area contributed by atoms with Crippen molar-refractivity contribution in [1.29, 1.82) is 0 Å². The molecule has 4 aromatic rings. The van der Waals surface area contributed by atoms with Crippen LogP contribution in [-0.4, -0.2) is 36.4 Å². The third-order valence-electron chi connectivity index (χ3n) is 7.97. The normalized spacial score (nSPS) is 18.9. The molecule has 3 atom stereocenters. The first-order chi connectivity index (χ1) is 18.6. The number of nitrogens with zero attached hydrogens (tertiary/aromatic N) is 3. The van der Waals surface area contributed by atoms with Crippen molar-refractivity contribution >= 4 is 27.5 Å². The van der Waals surface area contributed by atoms with Crippen molar-refractivity contribution in [2.45, 2.75) is 77.0 Å². The SMILES string of the molecule is Cc1c(-c2ncco2)sc2c1c(=O)n(C(C)(C)C(=O)O)c(=O)n2C[C@H](C[C@H]1CCC[C@H](O)C1)c1ccccc1. The van der Waals surface area contributed by atoms with Gasteiger partial charge in [0.25, 0.3) is 5.56 Å². The van der Waals surface area contributed by atoms with E-state index in [-0.39, 0.29) is 18.6 Å². The van der Waals surface area contributed by atoms with Crippen molar-refractivity contribution in [3.63, 3.8) is 0 Å². The van der Waals surface area contributed by atoms with E-state index in [9.17, 15) is 24.6 Å². The average molecular weight is 552 g/mol. The predicted octanol–water partition coefficient (Wildman–Crippen LogP) is 4.73. The van der Waals surface area contributed by atoms with Crippen molar-refractivity contribution in [1.82, 2.24) is 14.1 Å². The molecular weight excluding hydrogens is 518 g/mol. The molecular formula is C29H33N3O6S. The smallest absolute Gasteiger partial charge is 0.333 e. The minimum absolute atomic E-state index is 0.0890. The zero-order chi connectivity index (χ0) is 27.9. The van der Waals surface area contributed by atoms with Gasteiger partial charge in [-0.25, -0.2) is 19.1 Å². The Bertz CT molecular complexity index is 1600. The number of aliphatic hydroxyl groups is 1. The minimum atomic E-state index is -1.77. The number of fused-ring (bicyclic) bond motifs is 1. The molecule has 2 N–H and O–H groups in total. The summed E-state index contributed by atoms with van der Waals surface area (Å²) in [6.45, 7) is 4.75. The molecule has 1 aliphatic carbocycles. The Balaban J connectivity index is 1.72. The third kappa shape index (κ3) is 4.98. The Hall–Kier alpha value is -3.50. The first-order valence-electron chi connectivity index (χ1n) is 13.2. The van der Waals surface area contributed by atoms with Crippen LogP contribution in [0.15, 0.2) is 56.8 Å². The topological polar surface area (TPSA) is 128 Å². The summed E-state index contributed by atoms with van der Waals surface area (Å²) in [5, 5.41) is 20.6. The number of oxazole rings is 1. The largest absolute Gasteiger partial charge is 0.480 e. The second-order valence-corrected chi connectivity index (χ2v) is 12.0. The van der Waals surface area contributed by atoms with Gasteiger partial charge in [-0.3, -0.25) is 9.36 Å². The number of carbonyl (C=O) groups is 1. The molecule has 10 heteroatoms. The molecule has 0 spiro atoms. The highest BCUT2D eigenvalue weighted by atomic mass is 32.1. The molecule has 1 aromatic carbocycles. The van der Waals surface area contributed by atoms with Gasteiger partial charge < -0.3 is 14.6 Å². The summed E-state index contributed by atoms with van der Waals surface area (Å²) in [4.78, 5) is 45.4. The Labute approximate surface area is 229 Å². The van der Waals surface area contributed by atoms with E-state index >= 15 is 0 Å². The van der Waals surface area contributed by atoms with Crippen molar-refractivity contribution in [3.05, 3.63) is 74.8 Å². The molecule has 0 saturated heterocycles. The molecule has 1 fully saturated rings. The molecule has 0 unspecified atom stereocenters. The highest BCUT2D eigenvalue weighted by molar-refractivity contribution is 7.22. The quantitative estimate of drug-likeness (QED) is 0.324. The molecule has 0 amide bonds. The second-order valence-electron chi connectivity index (χ2n) is 11.0. The van der Waals surface area contributed by atoms with E-state index < -0.39 is 22.8 Å². The molecule has 0 aliphatic heterocycles. The van der Waals surface area contributed by atoms with Gasteiger partial charge in [0.05, 0.1) is 22.6 Å². The Kier molecular flexibility index (Phi) is 7.35. The number of aliphatic carboxylic acids is 1. The summed E-state index contributed by atoms with van der Waals surface area (Å²) in [5.41, 5.74) is -1.43. The summed E-state index contributed by atoms with van der Waals surface area (Å²) in [5.74, 6) is -0.732. The van der Waals surface area contributed by atoms with Gasteiger partial charge in [0.15, 0.2) is 0 Å². The van der Waals surface area contributed by atoms with Gasteiger partial charge in [0, 0.05) is 12.5 Å². The van der Waals surface area contributed by atoms with Crippen LogP contribution in [0.5, 0.6) is 0 Å². The van der Waals surface area contributed by atoms with Crippen molar-refractivity contribution < 1.29 is 19.4 Å². The fraction of sp³-hybridized carbons (Fsp3) is 0.448. The fourth-order valence-electron chi connectivity index (χ4n) is 5.78. The van der Waals surface area contributed by atoms with Gasteiger partial charge in [-0.15, -0.1) is 11.3 Å². The maximum Gasteiger partial charge on any atom is 0.333 e. The molecule has 3 heterocycles. The van der Waals surface area contributed by atoms with Crippen LogP contribution < -0.4 is 11.2 Å². The number of carboxylic acid groups (broad SMARTS) is 1. The number of benzene rings is 1. The lowest BCUT2D eigenvalue weighted by Crippen LogP contribution is -2.52. The van der Waals surface area contributed by atoms with Crippen LogP contribution in [0, 0.1) is 12.8 Å². The summed E-state index contributed by atoms with van der Waals surface area (Å²) in [6, 6.07) is 9.92. The highest BCUT2D eigenvalue weighted by Crippen LogP contribution is 2.38. The average Bonchev–Trinajstić information content (AvgIpc) is 3.54. The van der Waals surface area contributed by atoms with Gasteiger partial charge in [0.2, 0.25) is 5.89 Å². The Morgan fingerprint density at radius 3 is 2.62 bits per heavy atom. The van der Waals surface area contributed by atoms with E-state index in [0.29, 0.717) is 38.9 Å². The minimum Gasteiger partial charge on any atom is -0.480 e. The highest BCUT2D eigenvalue weighted by Gasteiger charge is 2.36. The third-order valence-corrected chi connectivity index (χ3v) is 9.27. The number of aromatic nitrogens is 3. The summed E-state index contributed by atoms with van der Waals surface area (Å²) in [7, 11) is 0. The van der Waals surface area contributed by atoms with Crippen LogP contribution in [0.3, 0.4) is 0 Å². The number of hydrogen-bond acceptors (Lipinski definition) is 7. The standard InChI is InChI=1S/C29H33N3O6S/c1-17-22-25(34)32(29(2,3)27(35)36)28(37)31(26(22)39-23(17)24-30-12-13-38-24)16-20(19-9-5-4-6-10-19)14-18-8-7-11-21(33)15-18/h4-6,9-10,12-13,18,20-21,33H,7-8,11,14-16H2,1-3H3,(H,35,36)/t18-,20+,21+/m1/s1. The Morgan fingerprint density at radius 1 is 1.23 bits per heavy atom. The lowest BCUT2D eigenvalue weighted by Gasteiger charge is -2.30. The predicted molar refractivity (Wildman–Crippen MR) is 149 cm³/mol. The number of aliphatic hydroxyl groups excluding tert-OH is 1. The molecule has 5 rings (SSSR count). The van der Waals surface area contributed by atoms with E-state index in [4.69, 9.17) is 4.42 Å². The van der Waals surface area contributed by atoms with Crippen molar-refractivity contribution in [2.75, 3.05) is 0 Å². The van der Waals surface area contributed by atoms with Crippen molar-refractivity contribution in [2.24, 2.45) is 5.92 Å². The molecule has 0 radical (unpaired) electrons. The number of aryl methyl sites for hydroxylation is 1. The number of carboxylic acids is 1. The molecule has 0 bridgehead atoms. The first kappa shape index (κ1) is 27.1. The number of hydrogen-bond donors (Lipinski definition) is 2. The van der Waals surface area contributed by atoms with E-state index in [0.717, 1.165) is 35.8 Å². The summed E-state index contributed by atoms with van der Waals surface area (Å²) >= 11 is 1.25. The molecule has 206 valence electrons. The van der Waals surface area contributed by atoms with Crippen LogP contribution >= 0.6 is 11.3 Å². The maximum absolute atomic E-state index is 14.1. The van der Waals surface area contributed by atoms with Gasteiger partial charge in [-0.05, 0) is 57.1 Å². The van der Waals surface area contributed by atoms with Crippen LogP contribution in [0.2, 0.25) is 0 Å². The van der Waals surface area contributed by atoms with Crippen LogP contribution in [-0.2, 0) is 16.9 Å². The van der Waals surface area contributed by atoms with Crippen LogP contribution in [0.4, 0.5) is 0 Å². The van der Waals surface area contributed by atoms with Gasteiger partial charge >= 0.3 is 11.7 Å². The number of rotatable bonds is 8. The summed E-state index contributed by atoms with van der Waals surface area (Å²) < 4.78 is 7.94. The van der Waals surface area contributed by atoms with Gasteiger partial charge in [-0.2, -0.15) is 0 Å². The first-order valence-corrected chi connectivity index (χ1v) is 14.1. The van der Waals surface area contributed by atoms with E-state index in [1.807, 2.05) is 30.3 Å². The fourth-order valence-corrected chi connectivity index (χ4v) is 7.02. The number of thiophene rings is 1. The molecule has 1 saturated carbocycles. The zero-order valence-electron chi connectivity index (χ0n) is 22.3. The molecule has 39 heavy (non-hydrogen) atoms. The van der Waals surface area contributed by atoms with E-state index in [1.54, 1.807) is 11.5 Å². The van der Waals surface area contributed by atoms with Gasteiger partial charge in [0.1, 0.15) is 16.6 Å².